The number of primary amides is 1. The highest BCUT2D eigenvalue weighted by Gasteiger charge is 2.24. The summed E-state index contributed by atoms with van der Waals surface area (Å²) in [6.07, 6.45) is -0.472. The average molecular weight is 535 g/mol. The predicted octanol–water partition coefficient (Wildman–Crippen LogP) is 2.14. The summed E-state index contributed by atoms with van der Waals surface area (Å²) in [6.45, 7) is 9.99. The monoisotopic (exact) mass is 535 g/mol. The quantitative estimate of drug-likeness (QED) is 0.230. The molecule has 30 heavy (non-hydrogen) atoms. The first kappa shape index (κ1) is 27.8. The van der Waals surface area contributed by atoms with E-state index in [4.69, 9.17) is 15.2 Å². The molecule has 170 valence electrons. The molecule has 0 atom stereocenters. The number of halogens is 1. The standard InChI is InChI=1S/C20H33N5O4.HI/c1-19(2,3)29-18(27)25-20(4,5)13-24-17(22-6)23-11-14-8-7-9-15(10-14)28-12-16(21)26;/h7-10H,11-13H2,1-6H3,(H2,21,26)(H,25,27)(H2,22,23,24);1H. The Balaban J connectivity index is 0.00000841. The van der Waals surface area contributed by atoms with E-state index in [0.717, 1.165) is 5.56 Å². The number of aliphatic imine (C=N–C) groups is 1. The molecule has 0 saturated carbocycles. The molecule has 1 aromatic carbocycles. The molecule has 0 aliphatic carbocycles. The Hall–Kier alpha value is -2.24. The molecule has 1 rings (SSSR count). The van der Waals surface area contributed by atoms with Gasteiger partial charge in [0.05, 0.1) is 5.54 Å². The highest BCUT2D eigenvalue weighted by molar-refractivity contribution is 14.0. The summed E-state index contributed by atoms with van der Waals surface area (Å²) in [4.78, 5) is 27.0. The minimum atomic E-state index is -0.555. The van der Waals surface area contributed by atoms with Gasteiger partial charge in [0.1, 0.15) is 11.4 Å². The Morgan fingerprint density at radius 1 is 1.13 bits per heavy atom. The van der Waals surface area contributed by atoms with Crippen LogP contribution in [-0.2, 0) is 16.1 Å². The van der Waals surface area contributed by atoms with Gasteiger partial charge in [-0.05, 0) is 52.3 Å². The zero-order chi connectivity index (χ0) is 22.1. The highest BCUT2D eigenvalue weighted by atomic mass is 127. The lowest BCUT2D eigenvalue weighted by Gasteiger charge is -2.29. The van der Waals surface area contributed by atoms with Crippen molar-refractivity contribution in [1.29, 1.82) is 0 Å². The van der Waals surface area contributed by atoms with Gasteiger partial charge in [0.2, 0.25) is 0 Å². The number of alkyl carbamates (subject to hydrolysis) is 1. The second kappa shape index (κ2) is 12.5. The summed E-state index contributed by atoms with van der Waals surface area (Å²) in [7, 11) is 1.66. The number of carbonyl (C=O) groups is 2. The molecule has 0 unspecified atom stereocenters. The smallest absolute Gasteiger partial charge is 0.408 e. The van der Waals surface area contributed by atoms with E-state index in [1.54, 1.807) is 13.1 Å². The molecule has 1 aromatic rings. The van der Waals surface area contributed by atoms with Crippen LogP contribution >= 0.6 is 24.0 Å². The zero-order valence-corrected chi connectivity index (χ0v) is 20.8. The van der Waals surface area contributed by atoms with Crippen LogP contribution in [0.3, 0.4) is 0 Å². The number of guanidine groups is 1. The number of nitrogens with zero attached hydrogens (tertiary/aromatic N) is 1. The van der Waals surface area contributed by atoms with E-state index in [1.807, 2.05) is 52.8 Å². The zero-order valence-electron chi connectivity index (χ0n) is 18.5. The molecule has 2 amide bonds. The van der Waals surface area contributed by atoms with Crippen molar-refractivity contribution >= 4 is 41.9 Å². The van der Waals surface area contributed by atoms with Crippen molar-refractivity contribution in [1.82, 2.24) is 16.0 Å². The van der Waals surface area contributed by atoms with Crippen molar-refractivity contribution in [2.24, 2.45) is 10.7 Å². The summed E-state index contributed by atoms with van der Waals surface area (Å²) in [5.41, 5.74) is 4.93. The number of benzene rings is 1. The normalized spacial score (nSPS) is 11.7. The Kier molecular flexibility index (Phi) is 11.5. The fourth-order valence-corrected chi connectivity index (χ4v) is 2.23. The fraction of sp³-hybridized carbons (Fsp3) is 0.550. The van der Waals surface area contributed by atoms with Crippen LogP contribution < -0.4 is 26.4 Å². The van der Waals surface area contributed by atoms with Crippen molar-refractivity contribution < 1.29 is 19.1 Å². The van der Waals surface area contributed by atoms with Gasteiger partial charge in [-0.25, -0.2) is 4.79 Å². The Bertz CT molecular complexity index is 732. The molecule has 0 spiro atoms. The first-order valence-electron chi connectivity index (χ1n) is 9.36. The molecule has 0 aromatic heterocycles. The Morgan fingerprint density at radius 2 is 1.80 bits per heavy atom. The van der Waals surface area contributed by atoms with Gasteiger partial charge in [-0.3, -0.25) is 9.79 Å². The summed E-state index contributed by atoms with van der Waals surface area (Å²) in [5, 5.41) is 9.20. The van der Waals surface area contributed by atoms with E-state index in [-0.39, 0.29) is 30.6 Å². The maximum Gasteiger partial charge on any atom is 0.408 e. The molecule has 0 aliphatic heterocycles. The summed E-state index contributed by atoms with van der Waals surface area (Å²) in [6, 6.07) is 7.32. The minimum Gasteiger partial charge on any atom is -0.484 e. The average Bonchev–Trinajstić information content (AvgIpc) is 2.58. The molecule has 9 nitrogen and oxygen atoms in total. The number of carbonyl (C=O) groups excluding carboxylic acids is 2. The van der Waals surface area contributed by atoms with Crippen LogP contribution in [0, 0.1) is 0 Å². The first-order chi connectivity index (χ1) is 13.4. The van der Waals surface area contributed by atoms with Crippen LogP contribution in [-0.4, -0.2) is 49.3 Å². The van der Waals surface area contributed by atoms with Crippen LogP contribution in [0.15, 0.2) is 29.3 Å². The van der Waals surface area contributed by atoms with Crippen LogP contribution in [0.2, 0.25) is 0 Å². The van der Waals surface area contributed by atoms with Crippen molar-refractivity contribution in [2.75, 3.05) is 20.2 Å². The van der Waals surface area contributed by atoms with Gasteiger partial charge >= 0.3 is 6.09 Å². The lowest BCUT2D eigenvalue weighted by atomic mass is 10.1. The number of ether oxygens (including phenoxy) is 2. The number of nitrogens with one attached hydrogen (secondary N) is 3. The van der Waals surface area contributed by atoms with Gasteiger partial charge in [0.25, 0.3) is 5.91 Å². The Morgan fingerprint density at radius 3 is 2.37 bits per heavy atom. The molecule has 0 heterocycles. The molecule has 0 fully saturated rings. The molecule has 10 heteroatoms. The maximum atomic E-state index is 12.0. The van der Waals surface area contributed by atoms with Gasteiger partial charge in [-0.15, -0.1) is 24.0 Å². The van der Waals surface area contributed by atoms with Gasteiger partial charge in [0.15, 0.2) is 12.6 Å². The van der Waals surface area contributed by atoms with Crippen molar-refractivity contribution in [3.05, 3.63) is 29.8 Å². The Labute approximate surface area is 195 Å². The van der Waals surface area contributed by atoms with E-state index in [2.05, 4.69) is 20.9 Å². The SMILES string of the molecule is CN=C(NCc1cccc(OCC(N)=O)c1)NCC(C)(C)NC(=O)OC(C)(C)C.I. The van der Waals surface area contributed by atoms with Gasteiger partial charge in [0, 0.05) is 20.1 Å². The van der Waals surface area contributed by atoms with Crippen LogP contribution in [0.5, 0.6) is 5.75 Å². The highest BCUT2D eigenvalue weighted by Crippen LogP contribution is 2.13. The van der Waals surface area contributed by atoms with Crippen molar-refractivity contribution in [2.45, 2.75) is 52.3 Å². The summed E-state index contributed by atoms with van der Waals surface area (Å²) in [5.74, 6) is 0.613. The molecule has 0 radical (unpaired) electrons. The van der Waals surface area contributed by atoms with Gasteiger partial charge in [-0.2, -0.15) is 0 Å². The summed E-state index contributed by atoms with van der Waals surface area (Å²) >= 11 is 0. The van der Waals surface area contributed by atoms with E-state index < -0.39 is 23.1 Å². The minimum absolute atomic E-state index is 0. The first-order valence-corrected chi connectivity index (χ1v) is 9.36. The number of amides is 2. The third-order valence-electron chi connectivity index (χ3n) is 3.50. The summed E-state index contributed by atoms with van der Waals surface area (Å²) < 4.78 is 10.6. The van der Waals surface area contributed by atoms with Crippen molar-refractivity contribution in [3.8, 4) is 5.75 Å². The largest absolute Gasteiger partial charge is 0.484 e. The number of rotatable bonds is 8. The van der Waals surface area contributed by atoms with E-state index >= 15 is 0 Å². The third-order valence-corrected chi connectivity index (χ3v) is 3.50. The number of nitrogens with two attached hydrogens (primary N) is 1. The van der Waals surface area contributed by atoms with E-state index in [9.17, 15) is 9.59 Å². The fourth-order valence-electron chi connectivity index (χ4n) is 2.23. The van der Waals surface area contributed by atoms with Crippen LogP contribution in [0.1, 0.15) is 40.2 Å². The lowest BCUT2D eigenvalue weighted by Crippen LogP contribution is -2.54. The second-order valence-corrected chi connectivity index (χ2v) is 8.19. The molecule has 5 N–H and O–H groups in total. The van der Waals surface area contributed by atoms with Crippen LogP contribution in [0.25, 0.3) is 0 Å². The third kappa shape index (κ3) is 12.3. The van der Waals surface area contributed by atoms with E-state index in [1.165, 1.54) is 0 Å². The molecule has 0 saturated heterocycles. The topological polar surface area (TPSA) is 127 Å². The lowest BCUT2D eigenvalue weighted by molar-refractivity contribution is -0.119. The molecule has 0 bridgehead atoms. The predicted molar refractivity (Wildman–Crippen MR) is 128 cm³/mol. The number of hydrogen-bond acceptors (Lipinski definition) is 5. The molecule has 0 aliphatic rings. The molecular weight excluding hydrogens is 501 g/mol. The number of hydrogen-bond donors (Lipinski definition) is 4. The maximum absolute atomic E-state index is 12.0. The van der Waals surface area contributed by atoms with Crippen LogP contribution in [0.4, 0.5) is 4.79 Å². The van der Waals surface area contributed by atoms with E-state index in [0.29, 0.717) is 24.8 Å². The van der Waals surface area contributed by atoms with Gasteiger partial charge in [-0.1, -0.05) is 12.1 Å². The second-order valence-electron chi connectivity index (χ2n) is 8.19. The molecular formula is C20H34IN5O4. The van der Waals surface area contributed by atoms with Crippen molar-refractivity contribution in [3.63, 3.8) is 0 Å². The van der Waals surface area contributed by atoms with Gasteiger partial charge < -0.3 is 31.2 Å².